The van der Waals surface area contributed by atoms with Gasteiger partial charge in [0.25, 0.3) is 0 Å². The van der Waals surface area contributed by atoms with E-state index >= 15 is 0 Å². The van der Waals surface area contributed by atoms with Crippen molar-refractivity contribution in [3.63, 3.8) is 0 Å². The fraction of sp³-hybridized carbons (Fsp3) is 0.533. The highest BCUT2D eigenvalue weighted by Gasteiger charge is 2.18. The Labute approximate surface area is 114 Å². The quantitative estimate of drug-likeness (QED) is 0.827. The van der Waals surface area contributed by atoms with Crippen LogP contribution < -0.4 is 10.6 Å². The van der Waals surface area contributed by atoms with Crippen LogP contribution in [0.1, 0.15) is 31.7 Å². The van der Waals surface area contributed by atoms with Crippen LogP contribution in [-0.4, -0.2) is 25.2 Å². The van der Waals surface area contributed by atoms with Gasteiger partial charge in [-0.3, -0.25) is 4.79 Å². The molecule has 0 spiro atoms. The maximum Gasteiger partial charge on any atom is 0.226 e. The van der Waals surface area contributed by atoms with Crippen molar-refractivity contribution in [2.75, 3.05) is 18.5 Å². The fourth-order valence-electron chi connectivity index (χ4n) is 2.20. The van der Waals surface area contributed by atoms with E-state index in [0.29, 0.717) is 6.42 Å². The molecule has 2 N–H and O–H groups in total. The lowest BCUT2D eigenvalue weighted by Gasteiger charge is -2.10. The van der Waals surface area contributed by atoms with Gasteiger partial charge in [-0.25, -0.2) is 0 Å². The number of hydrogen-bond donors (Lipinski definition) is 2. The summed E-state index contributed by atoms with van der Waals surface area (Å²) in [6.45, 7) is 4.69. The first-order valence-corrected chi connectivity index (χ1v) is 6.99. The average Bonchev–Trinajstić information content (AvgIpc) is 2.90. The van der Waals surface area contributed by atoms with Crippen molar-refractivity contribution < 1.29 is 9.53 Å². The molecule has 1 atom stereocenters. The number of anilines is 1. The minimum Gasteiger partial charge on any atom is -0.378 e. The summed E-state index contributed by atoms with van der Waals surface area (Å²) >= 11 is 0. The summed E-state index contributed by atoms with van der Waals surface area (Å²) in [4.78, 5) is 11.8. The van der Waals surface area contributed by atoms with Crippen molar-refractivity contribution in [1.29, 1.82) is 0 Å². The molecule has 19 heavy (non-hydrogen) atoms. The van der Waals surface area contributed by atoms with E-state index < -0.39 is 0 Å². The van der Waals surface area contributed by atoms with Crippen molar-refractivity contribution in [3.05, 3.63) is 29.8 Å². The van der Waals surface area contributed by atoms with Crippen molar-refractivity contribution in [2.45, 2.75) is 38.8 Å². The molecule has 1 heterocycles. The Morgan fingerprint density at radius 1 is 1.37 bits per heavy atom. The Balaban J connectivity index is 1.79. The Hall–Kier alpha value is -1.39. The van der Waals surface area contributed by atoms with E-state index in [0.717, 1.165) is 38.2 Å². The largest absolute Gasteiger partial charge is 0.378 e. The van der Waals surface area contributed by atoms with Crippen LogP contribution in [0.5, 0.6) is 0 Å². The van der Waals surface area contributed by atoms with Crippen molar-refractivity contribution in [3.8, 4) is 0 Å². The van der Waals surface area contributed by atoms with E-state index in [1.165, 1.54) is 5.56 Å². The van der Waals surface area contributed by atoms with Gasteiger partial charge in [0.2, 0.25) is 5.91 Å². The topological polar surface area (TPSA) is 50.4 Å². The van der Waals surface area contributed by atoms with Gasteiger partial charge in [-0.2, -0.15) is 0 Å². The van der Waals surface area contributed by atoms with E-state index in [1.807, 2.05) is 24.3 Å². The third-order valence-electron chi connectivity index (χ3n) is 3.25. The summed E-state index contributed by atoms with van der Waals surface area (Å²) in [6.07, 6.45) is 2.62. The van der Waals surface area contributed by atoms with Gasteiger partial charge in [0.15, 0.2) is 0 Å². The molecule has 1 aliphatic heterocycles. The molecule has 1 aromatic carbocycles. The second-order valence-electron chi connectivity index (χ2n) is 4.86. The number of carbonyl (C=O) groups excluding carboxylic acids is 1. The van der Waals surface area contributed by atoms with Crippen LogP contribution in [0.4, 0.5) is 5.69 Å². The minimum absolute atomic E-state index is 0.0336. The minimum atomic E-state index is 0.0336. The summed E-state index contributed by atoms with van der Waals surface area (Å²) in [5, 5.41) is 6.18. The van der Waals surface area contributed by atoms with Crippen LogP contribution in [0.2, 0.25) is 0 Å². The zero-order valence-electron chi connectivity index (χ0n) is 11.4. The predicted octanol–water partition coefficient (Wildman–Crippen LogP) is 2.30. The maximum atomic E-state index is 11.8. The molecule has 1 amide bonds. The van der Waals surface area contributed by atoms with Crippen molar-refractivity contribution in [2.24, 2.45) is 0 Å². The van der Waals surface area contributed by atoms with E-state index in [2.05, 4.69) is 17.6 Å². The molecule has 1 unspecified atom stereocenters. The third-order valence-corrected chi connectivity index (χ3v) is 3.25. The molecule has 0 saturated carbocycles. The smallest absolute Gasteiger partial charge is 0.226 e. The monoisotopic (exact) mass is 262 g/mol. The molecular formula is C15H22N2O2. The summed E-state index contributed by atoms with van der Waals surface area (Å²) in [7, 11) is 0. The molecule has 0 aromatic heterocycles. The van der Waals surface area contributed by atoms with Gasteiger partial charge in [0, 0.05) is 18.8 Å². The molecule has 1 aromatic rings. The van der Waals surface area contributed by atoms with E-state index in [9.17, 15) is 4.79 Å². The number of benzene rings is 1. The highest BCUT2D eigenvalue weighted by atomic mass is 16.5. The van der Waals surface area contributed by atoms with Crippen molar-refractivity contribution >= 4 is 11.6 Å². The highest BCUT2D eigenvalue weighted by molar-refractivity contribution is 5.91. The van der Waals surface area contributed by atoms with E-state index in [4.69, 9.17) is 4.74 Å². The lowest BCUT2D eigenvalue weighted by Crippen LogP contribution is -2.19. The van der Waals surface area contributed by atoms with Crippen LogP contribution in [0, 0.1) is 0 Å². The molecule has 4 nitrogen and oxygen atoms in total. The summed E-state index contributed by atoms with van der Waals surface area (Å²) in [6, 6.07) is 7.95. The van der Waals surface area contributed by atoms with Crippen LogP contribution in [-0.2, 0) is 16.1 Å². The number of hydrogen-bond acceptors (Lipinski definition) is 3. The second kappa shape index (κ2) is 7.26. The highest BCUT2D eigenvalue weighted by Crippen LogP contribution is 2.16. The molecule has 0 aliphatic carbocycles. The van der Waals surface area contributed by atoms with Gasteiger partial charge in [-0.15, -0.1) is 0 Å². The normalized spacial score (nSPS) is 18.5. The van der Waals surface area contributed by atoms with Gasteiger partial charge in [0.1, 0.15) is 0 Å². The molecular weight excluding hydrogens is 240 g/mol. The first kappa shape index (κ1) is 14.0. The van der Waals surface area contributed by atoms with Crippen LogP contribution in [0.15, 0.2) is 24.3 Å². The summed E-state index contributed by atoms with van der Waals surface area (Å²) < 4.78 is 5.46. The Morgan fingerprint density at radius 2 is 2.16 bits per heavy atom. The molecule has 2 rings (SSSR count). The maximum absolute atomic E-state index is 11.8. The lowest BCUT2D eigenvalue weighted by atomic mass is 10.1. The number of amides is 1. The standard InChI is InChI=1S/C15H22N2O2/c1-2-16-11-12-5-7-13(8-6-12)17-15(18)10-14-4-3-9-19-14/h5-8,14,16H,2-4,9-11H2,1H3,(H,17,18). The van der Waals surface area contributed by atoms with Gasteiger partial charge >= 0.3 is 0 Å². The number of carbonyl (C=O) groups is 1. The Kier molecular flexibility index (Phi) is 5.36. The zero-order chi connectivity index (χ0) is 13.5. The number of nitrogens with one attached hydrogen (secondary N) is 2. The first-order chi connectivity index (χ1) is 9.28. The van der Waals surface area contributed by atoms with Gasteiger partial charge in [-0.1, -0.05) is 19.1 Å². The van der Waals surface area contributed by atoms with Gasteiger partial charge in [0.05, 0.1) is 12.5 Å². The summed E-state index contributed by atoms with van der Waals surface area (Å²) in [5.41, 5.74) is 2.07. The van der Waals surface area contributed by atoms with E-state index in [1.54, 1.807) is 0 Å². The third kappa shape index (κ3) is 4.65. The number of rotatable bonds is 6. The Morgan fingerprint density at radius 3 is 2.79 bits per heavy atom. The van der Waals surface area contributed by atoms with Gasteiger partial charge in [-0.05, 0) is 37.1 Å². The molecule has 104 valence electrons. The first-order valence-electron chi connectivity index (χ1n) is 6.99. The van der Waals surface area contributed by atoms with Crippen LogP contribution >= 0.6 is 0 Å². The number of ether oxygens (including phenoxy) is 1. The zero-order valence-corrected chi connectivity index (χ0v) is 11.4. The summed E-state index contributed by atoms with van der Waals surface area (Å²) in [5.74, 6) is 0.0336. The molecule has 0 radical (unpaired) electrons. The molecule has 4 heteroatoms. The molecule has 0 bridgehead atoms. The Bertz CT molecular complexity index is 397. The molecule has 1 fully saturated rings. The fourth-order valence-corrected chi connectivity index (χ4v) is 2.20. The predicted molar refractivity (Wildman–Crippen MR) is 76.0 cm³/mol. The van der Waals surface area contributed by atoms with E-state index in [-0.39, 0.29) is 12.0 Å². The lowest BCUT2D eigenvalue weighted by molar-refractivity contribution is -0.118. The van der Waals surface area contributed by atoms with Crippen molar-refractivity contribution in [1.82, 2.24) is 5.32 Å². The second-order valence-corrected chi connectivity index (χ2v) is 4.86. The molecule has 1 saturated heterocycles. The van der Waals surface area contributed by atoms with Gasteiger partial charge < -0.3 is 15.4 Å². The van der Waals surface area contributed by atoms with Crippen LogP contribution in [0.25, 0.3) is 0 Å². The SMILES string of the molecule is CCNCc1ccc(NC(=O)CC2CCCO2)cc1. The average molecular weight is 262 g/mol. The molecule has 1 aliphatic rings. The van der Waals surface area contributed by atoms with Crippen LogP contribution in [0.3, 0.4) is 0 Å².